The number of hydrogen-bond donors (Lipinski definition) is 2. The minimum atomic E-state index is -0.412. The zero-order valence-corrected chi connectivity index (χ0v) is 14.8. The molecule has 132 valence electrons. The van der Waals surface area contributed by atoms with Crippen molar-refractivity contribution >= 4 is 29.1 Å². The van der Waals surface area contributed by atoms with Crippen molar-refractivity contribution in [3.05, 3.63) is 29.3 Å². The number of piperazine rings is 1. The molecule has 24 heavy (non-hydrogen) atoms. The molecular formula is C17H25ClN4O2. The van der Waals surface area contributed by atoms with Crippen LogP contribution in [0.3, 0.4) is 0 Å². The SMILES string of the molecule is CCCC(N)C(=O)N1CCN(CC(=O)Nc2ccccc2Cl)CC1. The molecule has 1 aromatic carbocycles. The molecule has 0 spiro atoms. The number of nitrogens with two attached hydrogens (primary N) is 1. The van der Waals surface area contributed by atoms with Gasteiger partial charge in [0.25, 0.3) is 0 Å². The van der Waals surface area contributed by atoms with Crippen molar-refractivity contribution in [2.45, 2.75) is 25.8 Å². The van der Waals surface area contributed by atoms with E-state index in [-0.39, 0.29) is 18.4 Å². The highest BCUT2D eigenvalue weighted by atomic mass is 35.5. The summed E-state index contributed by atoms with van der Waals surface area (Å²) in [7, 11) is 0. The third kappa shape index (κ3) is 5.19. The summed E-state index contributed by atoms with van der Waals surface area (Å²) in [5.74, 6) is -0.0948. The van der Waals surface area contributed by atoms with Crippen LogP contribution in [-0.4, -0.2) is 60.4 Å². The number of nitrogens with one attached hydrogen (secondary N) is 1. The summed E-state index contributed by atoms with van der Waals surface area (Å²) in [6.07, 6.45) is 1.61. The van der Waals surface area contributed by atoms with Gasteiger partial charge < -0.3 is 16.0 Å². The molecule has 2 rings (SSSR count). The first-order chi connectivity index (χ1) is 11.5. The Morgan fingerprint density at radius 2 is 1.92 bits per heavy atom. The maximum atomic E-state index is 12.2. The van der Waals surface area contributed by atoms with Crippen LogP contribution in [0.4, 0.5) is 5.69 Å². The Labute approximate surface area is 147 Å². The molecular weight excluding hydrogens is 328 g/mol. The van der Waals surface area contributed by atoms with E-state index >= 15 is 0 Å². The van der Waals surface area contributed by atoms with Crippen LogP contribution in [0.5, 0.6) is 0 Å². The second-order valence-electron chi connectivity index (χ2n) is 6.02. The molecule has 0 saturated carbocycles. The zero-order valence-electron chi connectivity index (χ0n) is 14.0. The Morgan fingerprint density at radius 1 is 1.25 bits per heavy atom. The van der Waals surface area contributed by atoms with Crippen LogP contribution in [0, 0.1) is 0 Å². The number of para-hydroxylation sites is 1. The van der Waals surface area contributed by atoms with Gasteiger partial charge >= 0.3 is 0 Å². The molecule has 1 fully saturated rings. The number of nitrogens with zero attached hydrogens (tertiary/aromatic N) is 2. The minimum Gasteiger partial charge on any atom is -0.339 e. The Bertz CT molecular complexity index is 573. The van der Waals surface area contributed by atoms with E-state index in [4.69, 9.17) is 17.3 Å². The van der Waals surface area contributed by atoms with Crippen LogP contribution >= 0.6 is 11.6 Å². The number of carbonyl (C=O) groups is 2. The Morgan fingerprint density at radius 3 is 2.54 bits per heavy atom. The van der Waals surface area contributed by atoms with Crippen molar-refractivity contribution in [2.75, 3.05) is 38.0 Å². The third-order valence-electron chi connectivity index (χ3n) is 4.12. The lowest BCUT2D eigenvalue weighted by Crippen LogP contribution is -2.54. The number of halogens is 1. The normalized spacial score (nSPS) is 16.7. The van der Waals surface area contributed by atoms with E-state index in [1.54, 1.807) is 17.0 Å². The number of benzene rings is 1. The standard InChI is InChI=1S/C17H25ClN4O2/c1-2-5-14(19)17(24)22-10-8-21(9-11-22)12-16(23)20-15-7-4-3-6-13(15)18/h3-4,6-7,14H,2,5,8-12,19H2,1H3,(H,20,23). The van der Waals surface area contributed by atoms with Crippen molar-refractivity contribution in [3.8, 4) is 0 Å². The second kappa shape index (κ2) is 9.01. The number of rotatable bonds is 6. The van der Waals surface area contributed by atoms with Crippen LogP contribution in [0.15, 0.2) is 24.3 Å². The fourth-order valence-corrected chi connectivity index (χ4v) is 2.93. The summed E-state index contributed by atoms with van der Waals surface area (Å²) in [6, 6.07) is 6.74. The van der Waals surface area contributed by atoms with E-state index < -0.39 is 6.04 Å². The second-order valence-corrected chi connectivity index (χ2v) is 6.43. The molecule has 7 heteroatoms. The Balaban J connectivity index is 1.77. The van der Waals surface area contributed by atoms with Gasteiger partial charge in [0.2, 0.25) is 11.8 Å². The fraction of sp³-hybridized carbons (Fsp3) is 0.529. The molecule has 1 aliphatic heterocycles. The molecule has 1 saturated heterocycles. The molecule has 0 aliphatic carbocycles. The molecule has 1 heterocycles. The van der Waals surface area contributed by atoms with Crippen molar-refractivity contribution in [1.82, 2.24) is 9.80 Å². The van der Waals surface area contributed by atoms with E-state index in [9.17, 15) is 9.59 Å². The van der Waals surface area contributed by atoms with Gasteiger partial charge in [-0.1, -0.05) is 37.1 Å². The van der Waals surface area contributed by atoms with Gasteiger partial charge in [-0.15, -0.1) is 0 Å². The van der Waals surface area contributed by atoms with Crippen LogP contribution in [0.2, 0.25) is 5.02 Å². The monoisotopic (exact) mass is 352 g/mol. The van der Waals surface area contributed by atoms with Crippen LogP contribution in [-0.2, 0) is 9.59 Å². The highest BCUT2D eigenvalue weighted by molar-refractivity contribution is 6.33. The van der Waals surface area contributed by atoms with Gasteiger partial charge in [-0.25, -0.2) is 0 Å². The molecule has 1 atom stereocenters. The highest BCUT2D eigenvalue weighted by Gasteiger charge is 2.25. The predicted octanol–water partition coefficient (Wildman–Crippen LogP) is 1.55. The third-order valence-corrected chi connectivity index (χ3v) is 4.45. The lowest BCUT2D eigenvalue weighted by Gasteiger charge is -2.35. The summed E-state index contributed by atoms with van der Waals surface area (Å²) in [5.41, 5.74) is 6.51. The van der Waals surface area contributed by atoms with E-state index in [1.807, 2.05) is 24.0 Å². The molecule has 1 unspecified atom stereocenters. The molecule has 1 aliphatic rings. The first-order valence-electron chi connectivity index (χ1n) is 8.32. The van der Waals surface area contributed by atoms with Crippen LogP contribution in [0.25, 0.3) is 0 Å². The lowest BCUT2D eigenvalue weighted by atomic mass is 10.1. The van der Waals surface area contributed by atoms with Gasteiger partial charge in [-0.2, -0.15) is 0 Å². The smallest absolute Gasteiger partial charge is 0.239 e. The first kappa shape index (κ1) is 18.7. The quantitative estimate of drug-likeness (QED) is 0.814. The highest BCUT2D eigenvalue weighted by Crippen LogP contribution is 2.20. The van der Waals surface area contributed by atoms with E-state index in [0.717, 1.165) is 6.42 Å². The van der Waals surface area contributed by atoms with E-state index in [2.05, 4.69) is 5.32 Å². The Hall–Kier alpha value is -1.63. The average Bonchev–Trinajstić information content (AvgIpc) is 2.57. The number of carbonyl (C=O) groups excluding carboxylic acids is 2. The number of amides is 2. The maximum absolute atomic E-state index is 12.2. The summed E-state index contributed by atoms with van der Waals surface area (Å²) in [4.78, 5) is 28.1. The van der Waals surface area contributed by atoms with Crippen LogP contribution in [0.1, 0.15) is 19.8 Å². The molecule has 1 aromatic rings. The average molecular weight is 353 g/mol. The van der Waals surface area contributed by atoms with E-state index in [0.29, 0.717) is 43.3 Å². The zero-order chi connectivity index (χ0) is 17.5. The summed E-state index contributed by atoms with van der Waals surface area (Å²) < 4.78 is 0. The van der Waals surface area contributed by atoms with Crippen molar-refractivity contribution in [3.63, 3.8) is 0 Å². The number of anilines is 1. The van der Waals surface area contributed by atoms with Crippen LogP contribution < -0.4 is 11.1 Å². The largest absolute Gasteiger partial charge is 0.339 e. The fourth-order valence-electron chi connectivity index (χ4n) is 2.75. The molecule has 2 amide bonds. The van der Waals surface area contributed by atoms with Gasteiger partial charge in [0.1, 0.15) is 0 Å². The van der Waals surface area contributed by atoms with Crippen molar-refractivity contribution in [2.24, 2.45) is 5.73 Å². The molecule has 0 bridgehead atoms. The minimum absolute atomic E-state index is 0.0111. The number of hydrogen-bond acceptors (Lipinski definition) is 4. The lowest BCUT2D eigenvalue weighted by molar-refractivity contribution is -0.134. The summed E-state index contributed by atoms with van der Waals surface area (Å²) in [6.45, 7) is 4.85. The topological polar surface area (TPSA) is 78.7 Å². The van der Waals surface area contributed by atoms with Crippen molar-refractivity contribution < 1.29 is 9.59 Å². The van der Waals surface area contributed by atoms with Gasteiger partial charge in [0.15, 0.2) is 0 Å². The molecule has 0 radical (unpaired) electrons. The molecule has 6 nitrogen and oxygen atoms in total. The summed E-state index contributed by atoms with van der Waals surface area (Å²) in [5, 5.41) is 3.33. The summed E-state index contributed by atoms with van der Waals surface area (Å²) >= 11 is 6.04. The maximum Gasteiger partial charge on any atom is 0.239 e. The van der Waals surface area contributed by atoms with Gasteiger partial charge in [-0.3, -0.25) is 14.5 Å². The van der Waals surface area contributed by atoms with Gasteiger partial charge in [0.05, 0.1) is 23.3 Å². The van der Waals surface area contributed by atoms with Gasteiger partial charge in [-0.05, 0) is 18.6 Å². The van der Waals surface area contributed by atoms with Gasteiger partial charge in [0, 0.05) is 26.2 Å². The van der Waals surface area contributed by atoms with Crippen molar-refractivity contribution in [1.29, 1.82) is 0 Å². The Kier molecular flexibility index (Phi) is 7.02. The molecule has 0 aromatic heterocycles. The van der Waals surface area contributed by atoms with E-state index in [1.165, 1.54) is 0 Å². The molecule has 3 N–H and O–H groups in total. The first-order valence-corrected chi connectivity index (χ1v) is 8.70. The predicted molar refractivity (Wildman–Crippen MR) is 96.0 cm³/mol.